The van der Waals surface area contributed by atoms with Gasteiger partial charge in [0.15, 0.2) is 0 Å². The Bertz CT molecular complexity index is 551. The van der Waals surface area contributed by atoms with Crippen molar-refractivity contribution in [3.63, 3.8) is 0 Å². The number of hydrogen-bond acceptors (Lipinski definition) is 0. The quantitative estimate of drug-likeness (QED) is 0.409. The Hall–Kier alpha value is 0.363. The molecule has 0 aromatic heterocycles. The van der Waals surface area contributed by atoms with Crippen LogP contribution in [0.3, 0.4) is 0 Å². The van der Waals surface area contributed by atoms with Crippen molar-refractivity contribution in [1.29, 1.82) is 0 Å². The zero-order chi connectivity index (χ0) is 20.9. The van der Waals surface area contributed by atoms with E-state index < -0.39 is 20.3 Å². The molecule has 0 amide bonds. The maximum absolute atomic E-state index is 2.71. The van der Waals surface area contributed by atoms with E-state index in [-0.39, 0.29) is 5.41 Å². The van der Waals surface area contributed by atoms with Crippen LogP contribution in [0.5, 0.6) is 0 Å². The van der Waals surface area contributed by atoms with Crippen molar-refractivity contribution >= 4 is 0 Å². The van der Waals surface area contributed by atoms with E-state index >= 15 is 0 Å². The molecule has 0 heterocycles. The summed E-state index contributed by atoms with van der Waals surface area (Å²) in [5, 5.41) is 0. The first kappa shape index (κ1) is 24.4. The second-order valence-corrected chi connectivity index (χ2v) is 23.5. The van der Waals surface area contributed by atoms with Gasteiger partial charge in [0.1, 0.15) is 0 Å². The molecule has 152 valence electrons. The Kier molecular flexibility index (Phi) is 6.87. The normalized spacial score (nSPS) is 19.6. The van der Waals surface area contributed by atoms with E-state index in [9.17, 15) is 0 Å². The van der Waals surface area contributed by atoms with Gasteiger partial charge in [-0.3, -0.25) is 0 Å². The van der Waals surface area contributed by atoms with Gasteiger partial charge in [-0.05, 0) is 0 Å². The van der Waals surface area contributed by atoms with E-state index in [1.807, 2.05) is 3.28 Å². The van der Waals surface area contributed by atoms with Gasteiger partial charge >= 0.3 is 171 Å². The predicted octanol–water partition coefficient (Wildman–Crippen LogP) is 9.18. The molecule has 0 saturated carbocycles. The molecule has 0 unspecified atom stereocenters. The molecule has 0 atom stereocenters. The zero-order valence-corrected chi connectivity index (χ0v) is 23.1. The van der Waals surface area contributed by atoms with E-state index in [0.29, 0.717) is 16.2 Å². The van der Waals surface area contributed by atoms with Gasteiger partial charge in [-0.15, -0.1) is 0 Å². The third-order valence-electron chi connectivity index (χ3n) is 6.20. The fraction of sp³-hybridized carbons (Fsp3) is 0.840. The molecule has 1 aliphatic rings. The van der Waals surface area contributed by atoms with Crippen LogP contribution in [0.15, 0.2) is 20.0 Å². The van der Waals surface area contributed by atoms with Crippen LogP contribution in [0.1, 0.15) is 96.9 Å². The summed E-state index contributed by atoms with van der Waals surface area (Å²) in [4.78, 5) is 0. The van der Waals surface area contributed by atoms with E-state index in [1.165, 1.54) is 12.4 Å². The molecule has 0 radical (unpaired) electrons. The Morgan fingerprint density at radius 2 is 0.923 bits per heavy atom. The van der Waals surface area contributed by atoms with Gasteiger partial charge in [0.25, 0.3) is 0 Å². The molecule has 0 nitrogen and oxygen atoms in total. The summed E-state index contributed by atoms with van der Waals surface area (Å²) in [7, 11) is 0. The summed E-state index contributed by atoms with van der Waals surface area (Å²) in [5.41, 5.74) is 6.35. The van der Waals surface area contributed by atoms with Crippen LogP contribution < -0.4 is 0 Å². The first-order valence-electron chi connectivity index (χ1n) is 10.6. The van der Waals surface area contributed by atoms with Crippen LogP contribution in [0.4, 0.5) is 0 Å². The molecule has 0 fully saturated rings. The van der Waals surface area contributed by atoms with Crippen molar-refractivity contribution in [2.75, 3.05) is 0 Å². The van der Waals surface area contributed by atoms with E-state index in [4.69, 9.17) is 0 Å². The molecule has 1 heteroatoms. The molecule has 1 aliphatic carbocycles. The average Bonchev–Trinajstić information content (AvgIpc) is 2.43. The molecular weight excluding hydrogens is 391 g/mol. The number of hydrogen-bond donors (Lipinski definition) is 0. The monoisotopic (exact) mass is 438 g/mol. The second kappa shape index (κ2) is 7.32. The molecule has 0 aromatic rings. The topological polar surface area (TPSA) is 0 Å². The second-order valence-electron chi connectivity index (χ2n) is 13.4. The third kappa shape index (κ3) is 5.69. The van der Waals surface area contributed by atoms with Crippen LogP contribution >= 0.6 is 0 Å². The first-order valence-corrected chi connectivity index (χ1v) is 17.1. The van der Waals surface area contributed by atoms with E-state index in [2.05, 4.69) is 96.9 Å². The van der Waals surface area contributed by atoms with Gasteiger partial charge < -0.3 is 0 Å². The zero-order valence-electron chi connectivity index (χ0n) is 20.6. The Morgan fingerprint density at radius 1 is 0.615 bits per heavy atom. The Labute approximate surface area is 170 Å². The van der Waals surface area contributed by atoms with Crippen LogP contribution in [0.2, 0.25) is 12.4 Å². The summed E-state index contributed by atoms with van der Waals surface area (Å²) in [6.07, 6.45) is 0. The van der Waals surface area contributed by atoms with Gasteiger partial charge in [0, 0.05) is 0 Å². The minimum atomic E-state index is -2.71. The first-order chi connectivity index (χ1) is 11.2. The van der Waals surface area contributed by atoms with Gasteiger partial charge in [-0.1, -0.05) is 0 Å². The summed E-state index contributed by atoms with van der Waals surface area (Å²) in [5.74, 6) is 0. The van der Waals surface area contributed by atoms with Gasteiger partial charge in [0.05, 0.1) is 0 Å². The number of allylic oxidation sites excluding steroid dienone is 4. The van der Waals surface area contributed by atoms with Crippen molar-refractivity contribution in [2.45, 2.75) is 109 Å². The van der Waals surface area contributed by atoms with E-state index in [1.54, 1.807) is 16.7 Å². The Morgan fingerprint density at radius 3 is 1.12 bits per heavy atom. The van der Waals surface area contributed by atoms with Crippen molar-refractivity contribution in [1.82, 2.24) is 0 Å². The molecule has 0 aromatic carbocycles. The van der Waals surface area contributed by atoms with Crippen LogP contribution in [0, 0.1) is 21.7 Å². The minimum absolute atomic E-state index is 0.256. The summed E-state index contributed by atoms with van der Waals surface area (Å²) < 4.78 is 6.34. The van der Waals surface area contributed by atoms with Gasteiger partial charge in [-0.2, -0.15) is 0 Å². The molecule has 0 N–H and O–H groups in total. The fourth-order valence-electron chi connectivity index (χ4n) is 6.15. The number of rotatable bonds is 4. The predicted molar refractivity (Wildman–Crippen MR) is 118 cm³/mol. The maximum atomic E-state index is 2.53. The fourth-order valence-corrected chi connectivity index (χ4v) is 29.5. The summed E-state index contributed by atoms with van der Waals surface area (Å²) >= 11 is -2.71. The van der Waals surface area contributed by atoms with Gasteiger partial charge in [0.2, 0.25) is 0 Å². The van der Waals surface area contributed by atoms with Crippen molar-refractivity contribution in [3.05, 3.63) is 20.0 Å². The van der Waals surface area contributed by atoms with Gasteiger partial charge in [-0.25, -0.2) is 0 Å². The molecule has 1 rings (SSSR count). The SMILES string of the molecule is CC1=C(C)C(C)(C)[C]([Zr]([CH2]C(C)(C)C)([CH2]C(C)(C)C)[CH2]C(C)(C)C)=C1C. The third-order valence-corrected chi connectivity index (χ3v) is 24.1. The van der Waals surface area contributed by atoms with Crippen LogP contribution in [-0.2, 0) is 20.3 Å². The standard InChI is InChI=1S/C10H15.3C5H11.Zr/c1-7-6-10(4,5)9(3)8(7)2;3*1-5(2,3)4;/h1-5H3;3*1H2,2-4H3;. The van der Waals surface area contributed by atoms with E-state index in [0.717, 1.165) is 0 Å². The van der Waals surface area contributed by atoms with Crippen molar-refractivity contribution in [2.24, 2.45) is 21.7 Å². The summed E-state index contributed by atoms with van der Waals surface area (Å²) in [6, 6.07) is 0. The molecule has 0 saturated heterocycles. The van der Waals surface area contributed by atoms with Crippen molar-refractivity contribution < 1.29 is 20.3 Å². The van der Waals surface area contributed by atoms with Crippen LogP contribution in [0.25, 0.3) is 0 Å². The average molecular weight is 440 g/mol. The molecule has 26 heavy (non-hydrogen) atoms. The molecule has 0 spiro atoms. The van der Waals surface area contributed by atoms with Crippen molar-refractivity contribution in [3.8, 4) is 0 Å². The molecule has 0 bridgehead atoms. The molecule has 0 aliphatic heterocycles. The summed E-state index contributed by atoms with van der Waals surface area (Å²) in [6.45, 7) is 34.6. The van der Waals surface area contributed by atoms with Crippen LogP contribution in [-0.4, -0.2) is 0 Å². The molecular formula is C25H48Zr. The Balaban J connectivity index is 3.78.